The fourth-order valence-corrected chi connectivity index (χ4v) is 2.96. The number of hydrogen-bond donors (Lipinski definition) is 1. The Hall–Kier alpha value is -3.03. The Morgan fingerprint density at radius 2 is 1.92 bits per heavy atom. The summed E-state index contributed by atoms with van der Waals surface area (Å²) >= 11 is 6.07. The van der Waals surface area contributed by atoms with Gasteiger partial charge in [-0.15, -0.1) is 0 Å². The third kappa shape index (κ3) is 4.33. The topological polar surface area (TPSA) is 57.8 Å². The number of carbonyl (C=O) groups is 1. The summed E-state index contributed by atoms with van der Waals surface area (Å²) in [5, 5.41) is 12.9. The Bertz CT molecular complexity index is 928. The molecule has 0 bridgehead atoms. The van der Waals surface area contributed by atoms with E-state index < -0.39 is 5.92 Å². The van der Waals surface area contributed by atoms with Crippen LogP contribution in [-0.4, -0.2) is 10.5 Å². The molecule has 1 heterocycles. The van der Waals surface area contributed by atoms with Crippen molar-refractivity contribution in [2.45, 2.75) is 13.0 Å². The Kier molecular flexibility index (Phi) is 5.73. The second-order valence-corrected chi connectivity index (χ2v) is 6.38. The second-order valence-electron chi connectivity index (χ2n) is 5.94. The number of carbonyl (C=O) groups excluding carboxylic acids is 1. The minimum Gasteiger partial charge on any atom is -0.351 e. The first kappa shape index (κ1) is 17.8. The molecule has 26 heavy (non-hydrogen) atoms. The third-order valence-electron chi connectivity index (χ3n) is 4.11. The van der Waals surface area contributed by atoms with Gasteiger partial charge in [-0.05, 0) is 35.9 Å². The highest BCUT2D eigenvalue weighted by atomic mass is 35.5. The van der Waals surface area contributed by atoms with Gasteiger partial charge < -0.3 is 9.88 Å². The molecule has 5 heteroatoms. The maximum absolute atomic E-state index is 12.4. The van der Waals surface area contributed by atoms with Crippen molar-refractivity contribution in [1.82, 2.24) is 9.88 Å². The van der Waals surface area contributed by atoms with Crippen molar-refractivity contribution in [2.75, 3.05) is 0 Å². The highest BCUT2D eigenvalue weighted by molar-refractivity contribution is 6.30. The predicted molar refractivity (Wildman–Crippen MR) is 102 cm³/mol. The number of rotatable bonds is 6. The molecule has 1 atom stereocenters. The summed E-state index contributed by atoms with van der Waals surface area (Å²) in [6, 6.07) is 23.0. The smallest absolute Gasteiger partial charge is 0.238 e. The zero-order valence-corrected chi connectivity index (χ0v) is 14.9. The lowest BCUT2D eigenvalue weighted by atomic mass is 10.0. The van der Waals surface area contributed by atoms with Crippen LogP contribution in [0.3, 0.4) is 0 Å². The van der Waals surface area contributed by atoms with Crippen LogP contribution in [0.5, 0.6) is 0 Å². The van der Waals surface area contributed by atoms with Crippen LogP contribution >= 0.6 is 11.6 Å². The molecule has 130 valence electrons. The number of hydrogen-bond acceptors (Lipinski definition) is 2. The van der Waals surface area contributed by atoms with Crippen LogP contribution in [0.15, 0.2) is 72.9 Å². The van der Waals surface area contributed by atoms with Crippen molar-refractivity contribution in [3.63, 3.8) is 0 Å². The van der Waals surface area contributed by atoms with E-state index in [9.17, 15) is 10.1 Å². The van der Waals surface area contributed by atoms with Crippen LogP contribution in [-0.2, 0) is 17.8 Å². The molecule has 1 amide bonds. The largest absolute Gasteiger partial charge is 0.351 e. The van der Waals surface area contributed by atoms with Crippen LogP contribution in [0.4, 0.5) is 0 Å². The molecule has 3 rings (SSSR count). The van der Waals surface area contributed by atoms with Crippen molar-refractivity contribution in [3.05, 3.63) is 89.2 Å². The van der Waals surface area contributed by atoms with Gasteiger partial charge in [0.05, 0.1) is 6.07 Å². The summed E-state index contributed by atoms with van der Waals surface area (Å²) in [4.78, 5) is 12.4. The molecule has 0 aliphatic carbocycles. The molecule has 0 saturated heterocycles. The summed E-state index contributed by atoms with van der Waals surface area (Å²) < 4.78 is 1.95. The number of nitriles is 1. The minimum absolute atomic E-state index is 0.268. The SMILES string of the molecule is N#CC(Cc1cccn1-c1cccc(Cl)c1)C(=O)NCc1ccccc1. The average molecular weight is 364 g/mol. The summed E-state index contributed by atoms with van der Waals surface area (Å²) in [7, 11) is 0. The molecule has 1 N–H and O–H groups in total. The Morgan fingerprint density at radius 3 is 2.65 bits per heavy atom. The lowest BCUT2D eigenvalue weighted by molar-refractivity contribution is -0.123. The molecular weight excluding hydrogens is 346 g/mol. The summed E-state index contributed by atoms with van der Waals surface area (Å²) in [6.07, 6.45) is 2.23. The van der Waals surface area contributed by atoms with E-state index in [4.69, 9.17) is 11.6 Å². The molecule has 1 aromatic heterocycles. The van der Waals surface area contributed by atoms with Crippen LogP contribution in [0.2, 0.25) is 5.02 Å². The van der Waals surface area contributed by atoms with Crippen molar-refractivity contribution >= 4 is 17.5 Å². The molecule has 0 spiro atoms. The number of aromatic nitrogens is 1. The molecule has 0 aliphatic heterocycles. The quantitative estimate of drug-likeness (QED) is 0.715. The van der Waals surface area contributed by atoms with Gasteiger partial charge in [-0.25, -0.2) is 0 Å². The Balaban J connectivity index is 1.70. The van der Waals surface area contributed by atoms with Gasteiger partial charge in [-0.2, -0.15) is 5.26 Å². The van der Waals surface area contributed by atoms with Crippen LogP contribution in [0.25, 0.3) is 5.69 Å². The predicted octanol–water partition coefficient (Wildman–Crippen LogP) is 4.13. The lowest BCUT2D eigenvalue weighted by Gasteiger charge is -2.13. The van der Waals surface area contributed by atoms with Crippen molar-refractivity contribution in [3.8, 4) is 11.8 Å². The van der Waals surface area contributed by atoms with Gasteiger partial charge in [-0.3, -0.25) is 4.79 Å². The average Bonchev–Trinajstić information content (AvgIpc) is 3.13. The zero-order chi connectivity index (χ0) is 18.4. The van der Waals surface area contributed by atoms with Gasteiger partial charge >= 0.3 is 0 Å². The van der Waals surface area contributed by atoms with Crippen molar-refractivity contribution in [1.29, 1.82) is 5.26 Å². The van der Waals surface area contributed by atoms with E-state index in [-0.39, 0.29) is 5.91 Å². The standard InChI is InChI=1S/C21H18ClN3O/c22-18-8-4-9-20(13-18)25-11-5-10-19(25)12-17(14-23)21(26)24-15-16-6-2-1-3-7-16/h1-11,13,17H,12,15H2,(H,24,26). The summed E-state index contributed by atoms with van der Waals surface area (Å²) in [5.41, 5.74) is 2.78. The Labute approximate surface area is 157 Å². The van der Waals surface area contributed by atoms with Gasteiger partial charge in [0.15, 0.2) is 0 Å². The van der Waals surface area contributed by atoms with E-state index >= 15 is 0 Å². The maximum Gasteiger partial charge on any atom is 0.238 e. The van der Waals surface area contributed by atoms with Gasteiger partial charge in [-0.1, -0.05) is 48.0 Å². The number of halogens is 1. The zero-order valence-electron chi connectivity index (χ0n) is 14.1. The van der Waals surface area contributed by atoms with E-state index in [0.717, 1.165) is 16.9 Å². The molecule has 0 aliphatic rings. The number of nitrogens with one attached hydrogen (secondary N) is 1. The normalized spacial score (nSPS) is 11.5. The van der Waals surface area contributed by atoms with E-state index in [1.807, 2.05) is 77.5 Å². The van der Waals surface area contributed by atoms with E-state index in [2.05, 4.69) is 11.4 Å². The molecule has 0 saturated carbocycles. The monoisotopic (exact) mass is 363 g/mol. The first-order valence-corrected chi connectivity index (χ1v) is 8.68. The van der Waals surface area contributed by atoms with Crippen molar-refractivity contribution < 1.29 is 4.79 Å². The molecule has 1 unspecified atom stereocenters. The first-order valence-electron chi connectivity index (χ1n) is 8.31. The third-order valence-corrected chi connectivity index (χ3v) is 4.35. The lowest BCUT2D eigenvalue weighted by Crippen LogP contribution is -2.31. The second kappa shape index (κ2) is 8.37. The van der Waals surface area contributed by atoms with Crippen LogP contribution < -0.4 is 5.32 Å². The maximum atomic E-state index is 12.4. The summed E-state index contributed by atoms with van der Waals surface area (Å²) in [6.45, 7) is 0.410. The molecule has 0 radical (unpaired) electrons. The molecule has 4 nitrogen and oxygen atoms in total. The minimum atomic E-state index is -0.758. The van der Waals surface area contributed by atoms with Crippen molar-refractivity contribution in [2.24, 2.45) is 5.92 Å². The van der Waals surface area contributed by atoms with Gasteiger partial charge in [0.2, 0.25) is 5.91 Å². The van der Waals surface area contributed by atoms with Crippen LogP contribution in [0, 0.1) is 17.2 Å². The molecule has 3 aromatic rings. The van der Waals surface area contributed by atoms with Gasteiger partial charge in [0.1, 0.15) is 5.92 Å². The highest BCUT2D eigenvalue weighted by Gasteiger charge is 2.20. The fourth-order valence-electron chi connectivity index (χ4n) is 2.77. The number of amides is 1. The highest BCUT2D eigenvalue weighted by Crippen LogP contribution is 2.19. The molecule has 0 fully saturated rings. The van der Waals surface area contributed by atoms with E-state index in [1.165, 1.54) is 0 Å². The summed E-state index contributed by atoms with van der Waals surface area (Å²) in [5.74, 6) is -1.03. The van der Waals surface area contributed by atoms with Gasteiger partial charge in [0.25, 0.3) is 0 Å². The Morgan fingerprint density at radius 1 is 1.12 bits per heavy atom. The van der Waals surface area contributed by atoms with E-state index in [1.54, 1.807) is 0 Å². The van der Waals surface area contributed by atoms with E-state index in [0.29, 0.717) is 18.0 Å². The molecule has 2 aromatic carbocycles. The van der Waals surface area contributed by atoms with Gasteiger partial charge in [0, 0.05) is 35.6 Å². The fraction of sp³-hybridized carbons (Fsp3) is 0.143. The number of nitrogens with zero attached hydrogens (tertiary/aromatic N) is 2. The first-order chi connectivity index (χ1) is 12.7. The molecular formula is C21H18ClN3O. The van der Waals surface area contributed by atoms with Crippen LogP contribution in [0.1, 0.15) is 11.3 Å². The number of benzene rings is 2.